The lowest BCUT2D eigenvalue weighted by molar-refractivity contribution is 0.741. The molecule has 0 aliphatic carbocycles. The van der Waals surface area contributed by atoms with Gasteiger partial charge in [-0.05, 0) is 17.7 Å². The molecular weight excluding hydrogens is 284 g/mol. The molecule has 0 fully saturated rings. The van der Waals surface area contributed by atoms with E-state index in [9.17, 15) is 4.79 Å². The van der Waals surface area contributed by atoms with Gasteiger partial charge in [0.2, 0.25) is 5.43 Å². The molecule has 0 saturated carbocycles. The van der Waals surface area contributed by atoms with Gasteiger partial charge in [-0.1, -0.05) is 54.1 Å². The van der Waals surface area contributed by atoms with Gasteiger partial charge in [0.15, 0.2) is 0 Å². The van der Waals surface area contributed by atoms with Crippen LogP contribution < -0.4 is 5.43 Å². The number of benzene rings is 2. The third kappa shape index (κ3) is 2.73. The van der Waals surface area contributed by atoms with Gasteiger partial charge in [0, 0.05) is 29.4 Å². The van der Waals surface area contributed by atoms with Gasteiger partial charge in [-0.3, -0.25) is 9.48 Å². The van der Waals surface area contributed by atoms with Crippen LogP contribution in [0.2, 0.25) is 5.02 Å². The highest BCUT2D eigenvalue weighted by molar-refractivity contribution is 6.30. The van der Waals surface area contributed by atoms with Crippen molar-refractivity contribution in [1.82, 2.24) is 9.78 Å². The summed E-state index contributed by atoms with van der Waals surface area (Å²) in [6.45, 7) is 0. The molecule has 0 saturated heterocycles. The molecule has 0 aliphatic rings. The van der Waals surface area contributed by atoms with Crippen molar-refractivity contribution in [3.8, 4) is 22.4 Å². The lowest BCUT2D eigenvalue weighted by Crippen LogP contribution is -2.15. The van der Waals surface area contributed by atoms with Gasteiger partial charge in [-0.25, -0.2) is 0 Å². The van der Waals surface area contributed by atoms with E-state index in [1.807, 2.05) is 49.5 Å². The van der Waals surface area contributed by atoms with Crippen LogP contribution in [0.5, 0.6) is 0 Å². The predicted octanol–water partition coefficient (Wildman–Crippen LogP) is 3.77. The van der Waals surface area contributed by atoms with Crippen molar-refractivity contribution in [3.05, 3.63) is 76.0 Å². The number of halogens is 1. The van der Waals surface area contributed by atoms with Gasteiger partial charge in [0.1, 0.15) is 5.69 Å². The minimum Gasteiger partial charge on any atom is -0.287 e. The monoisotopic (exact) mass is 296 g/mol. The smallest absolute Gasteiger partial charge is 0.215 e. The van der Waals surface area contributed by atoms with E-state index in [-0.39, 0.29) is 5.43 Å². The maximum Gasteiger partial charge on any atom is 0.215 e. The maximum atomic E-state index is 12.7. The molecule has 0 spiro atoms. The van der Waals surface area contributed by atoms with Crippen molar-refractivity contribution in [2.24, 2.45) is 7.05 Å². The van der Waals surface area contributed by atoms with Crippen molar-refractivity contribution in [3.63, 3.8) is 0 Å². The summed E-state index contributed by atoms with van der Waals surface area (Å²) in [6.07, 6.45) is 1.73. The third-order valence-corrected chi connectivity index (χ3v) is 3.49. The molecule has 104 valence electrons. The van der Waals surface area contributed by atoms with Crippen molar-refractivity contribution >= 4 is 11.6 Å². The fourth-order valence-corrected chi connectivity index (χ4v) is 2.35. The Hall–Kier alpha value is -2.39. The Morgan fingerprint density at radius 2 is 1.62 bits per heavy atom. The van der Waals surface area contributed by atoms with E-state index in [0.29, 0.717) is 16.3 Å². The third-order valence-electron chi connectivity index (χ3n) is 3.24. The summed E-state index contributed by atoms with van der Waals surface area (Å²) in [6, 6.07) is 16.7. The zero-order valence-electron chi connectivity index (χ0n) is 11.5. The fourth-order valence-electron chi connectivity index (χ4n) is 2.22. The van der Waals surface area contributed by atoms with E-state index in [1.54, 1.807) is 23.0 Å². The van der Waals surface area contributed by atoms with E-state index in [4.69, 9.17) is 11.6 Å². The van der Waals surface area contributed by atoms with Crippen LogP contribution >= 0.6 is 11.6 Å². The zero-order chi connectivity index (χ0) is 14.8. The summed E-state index contributed by atoms with van der Waals surface area (Å²) in [7, 11) is 1.81. The quantitative estimate of drug-likeness (QED) is 0.721. The average Bonchev–Trinajstić information content (AvgIpc) is 2.51. The molecule has 21 heavy (non-hydrogen) atoms. The zero-order valence-corrected chi connectivity index (χ0v) is 12.2. The Morgan fingerprint density at radius 3 is 2.29 bits per heavy atom. The standard InChI is InChI=1S/C17H13ClN2O/c1-20-11-15(12-7-9-14(18)10-8-12)17(21)16(19-20)13-5-3-2-4-6-13/h2-11H,1H3. The molecule has 0 bridgehead atoms. The van der Waals surface area contributed by atoms with Crippen molar-refractivity contribution in [2.75, 3.05) is 0 Å². The highest BCUT2D eigenvalue weighted by Gasteiger charge is 2.12. The van der Waals surface area contributed by atoms with Crippen LogP contribution in [-0.4, -0.2) is 9.78 Å². The Bertz CT molecular complexity index is 824. The van der Waals surface area contributed by atoms with Crippen LogP contribution in [0.15, 0.2) is 65.6 Å². The van der Waals surface area contributed by atoms with Crippen LogP contribution in [-0.2, 0) is 7.05 Å². The first-order chi connectivity index (χ1) is 10.1. The van der Waals surface area contributed by atoms with Crippen LogP contribution in [0.1, 0.15) is 0 Å². The summed E-state index contributed by atoms with van der Waals surface area (Å²) in [5.41, 5.74) is 2.63. The normalized spacial score (nSPS) is 10.6. The van der Waals surface area contributed by atoms with Crippen LogP contribution in [0.4, 0.5) is 0 Å². The van der Waals surface area contributed by atoms with E-state index in [1.165, 1.54) is 0 Å². The van der Waals surface area contributed by atoms with Gasteiger partial charge in [-0.15, -0.1) is 0 Å². The van der Waals surface area contributed by atoms with Gasteiger partial charge in [0.25, 0.3) is 0 Å². The minimum atomic E-state index is -0.0818. The Morgan fingerprint density at radius 1 is 0.952 bits per heavy atom. The van der Waals surface area contributed by atoms with E-state index >= 15 is 0 Å². The molecule has 1 aromatic heterocycles. The molecule has 0 amide bonds. The highest BCUT2D eigenvalue weighted by atomic mass is 35.5. The summed E-state index contributed by atoms with van der Waals surface area (Å²) in [5.74, 6) is 0. The molecule has 3 nitrogen and oxygen atoms in total. The summed E-state index contributed by atoms with van der Waals surface area (Å²) in [4.78, 5) is 12.7. The molecule has 3 aromatic rings. The molecule has 0 aliphatic heterocycles. The highest BCUT2D eigenvalue weighted by Crippen LogP contribution is 2.20. The van der Waals surface area contributed by atoms with Gasteiger partial charge < -0.3 is 0 Å². The summed E-state index contributed by atoms with van der Waals surface area (Å²) < 4.78 is 1.66. The first kappa shape index (κ1) is 13.6. The van der Waals surface area contributed by atoms with E-state index in [0.717, 1.165) is 11.1 Å². The number of nitrogens with zero attached hydrogens (tertiary/aromatic N) is 2. The lowest BCUT2D eigenvalue weighted by Gasteiger charge is -2.08. The number of hydrogen-bond donors (Lipinski definition) is 0. The van der Waals surface area contributed by atoms with Gasteiger partial charge in [-0.2, -0.15) is 5.10 Å². The number of rotatable bonds is 2. The Balaban J connectivity index is 2.22. The number of hydrogen-bond acceptors (Lipinski definition) is 2. The second-order valence-corrected chi connectivity index (χ2v) is 5.20. The van der Waals surface area contributed by atoms with Crippen molar-refractivity contribution < 1.29 is 0 Å². The van der Waals surface area contributed by atoms with Gasteiger partial charge in [0.05, 0.1) is 0 Å². The van der Waals surface area contributed by atoms with Crippen LogP contribution in [0.25, 0.3) is 22.4 Å². The molecule has 0 atom stereocenters. The van der Waals surface area contributed by atoms with Gasteiger partial charge >= 0.3 is 0 Å². The molecule has 0 radical (unpaired) electrons. The Kier molecular flexibility index (Phi) is 3.59. The summed E-state index contributed by atoms with van der Waals surface area (Å²) in [5, 5.41) is 4.97. The number of aromatic nitrogens is 2. The molecule has 2 aromatic carbocycles. The van der Waals surface area contributed by atoms with Crippen LogP contribution in [0, 0.1) is 0 Å². The van der Waals surface area contributed by atoms with Crippen molar-refractivity contribution in [2.45, 2.75) is 0 Å². The molecule has 0 N–H and O–H groups in total. The molecular formula is C17H13ClN2O. The van der Waals surface area contributed by atoms with Crippen molar-refractivity contribution in [1.29, 1.82) is 0 Å². The second-order valence-electron chi connectivity index (χ2n) is 4.77. The SMILES string of the molecule is Cn1cc(-c2ccc(Cl)cc2)c(=O)c(-c2ccccc2)n1. The fraction of sp³-hybridized carbons (Fsp3) is 0.0588. The Labute approximate surface area is 127 Å². The lowest BCUT2D eigenvalue weighted by atomic mass is 10.0. The predicted molar refractivity (Wildman–Crippen MR) is 85.4 cm³/mol. The molecule has 0 unspecified atom stereocenters. The van der Waals surface area contributed by atoms with E-state index in [2.05, 4.69) is 5.10 Å². The topological polar surface area (TPSA) is 34.9 Å². The molecule has 4 heteroatoms. The largest absolute Gasteiger partial charge is 0.287 e. The van der Waals surface area contributed by atoms with E-state index < -0.39 is 0 Å². The first-order valence-electron chi connectivity index (χ1n) is 6.54. The molecule has 3 rings (SSSR count). The summed E-state index contributed by atoms with van der Waals surface area (Å²) >= 11 is 5.90. The minimum absolute atomic E-state index is 0.0818. The van der Waals surface area contributed by atoms with Crippen LogP contribution in [0.3, 0.4) is 0 Å². The first-order valence-corrected chi connectivity index (χ1v) is 6.92. The second kappa shape index (κ2) is 5.54. The molecule has 1 heterocycles. The number of aryl methyl sites for hydroxylation is 1. The average molecular weight is 297 g/mol. The maximum absolute atomic E-state index is 12.7.